The maximum absolute atomic E-state index is 11.1. The summed E-state index contributed by atoms with van der Waals surface area (Å²) in [5.74, 6) is 0.214. The van der Waals surface area contributed by atoms with E-state index in [0.717, 1.165) is 0 Å². The molecular formula is C13H8BrN5O3S. The van der Waals surface area contributed by atoms with E-state index in [0.29, 0.717) is 15.3 Å². The summed E-state index contributed by atoms with van der Waals surface area (Å²) in [6.07, 6.45) is 3.43. The van der Waals surface area contributed by atoms with Gasteiger partial charge in [-0.25, -0.2) is 9.97 Å². The first kappa shape index (κ1) is 15.6. The molecule has 0 amide bonds. The SMILES string of the molecule is CSc1ncc(Br)c(-c2nnc(-c3ccccc3[N+](=O)[O-])o2)n1. The minimum atomic E-state index is -0.494. The van der Waals surface area contributed by atoms with Crippen molar-refractivity contribution in [2.45, 2.75) is 5.16 Å². The fraction of sp³-hybridized carbons (Fsp3) is 0.0769. The van der Waals surface area contributed by atoms with Gasteiger partial charge in [0.2, 0.25) is 0 Å². The minimum absolute atomic E-state index is 0.0588. The second kappa shape index (κ2) is 6.42. The Morgan fingerprint density at radius 1 is 1.26 bits per heavy atom. The lowest BCUT2D eigenvalue weighted by atomic mass is 10.2. The molecule has 0 saturated heterocycles. The molecule has 3 rings (SSSR count). The van der Waals surface area contributed by atoms with Crippen LogP contribution in [0.2, 0.25) is 0 Å². The van der Waals surface area contributed by atoms with Crippen LogP contribution >= 0.6 is 27.7 Å². The molecule has 116 valence electrons. The third-order valence-corrected chi connectivity index (χ3v) is 4.01. The average Bonchev–Trinajstić information content (AvgIpc) is 3.05. The van der Waals surface area contributed by atoms with Gasteiger partial charge in [0.1, 0.15) is 11.3 Å². The van der Waals surface area contributed by atoms with Gasteiger partial charge in [-0.3, -0.25) is 10.1 Å². The lowest BCUT2D eigenvalue weighted by Crippen LogP contribution is -1.91. The predicted octanol–water partition coefficient (Wildman–Crippen LogP) is 3.59. The number of para-hydroxylation sites is 1. The van der Waals surface area contributed by atoms with Crippen LogP contribution in [0.4, 0.5) is 5.69 Å². The Balaban J connectivity index is 2.07. The van der Waals surface area contributed by atoms with E-state index >= 15 is 0 Å². The van der Waals surface area contributed by atoms with Gasteiger partial charge in [-0.2, -0.15) is 0 Å². The second-order valence-corrected chi connectivity index (χ2v) is 5.87. The van der Waals surface area contributed by atoms with Gasteiger partial charge in [-0.15, -0.1) is 10.2 Å². The van der Waals surface area contributed by atoms with Gasteiger partial charge >= 0.3 is 0 Å². The van der Waals surface area contributed by atoms with E-state index in [4.69, 9.17) is 4.42 Å². The van der Waals surface area contributed by atoms with Gasteiger partial charge < -0.3 is 4.42 Å². The zero-order chi connectivity index (χ0) is 16.4. The Morgan fingerprint density at radius 3 is 2.74 bits per heavy atom. The van der Waals surface area contributed by atoms with Crippen molar-refractivity contribution in [2.24, 2.45) is 0 Å². The van der Waals surface area contributed by atoms with E-state index in [-0.39, 0.29) is 23.0 Å². The van der Waals surface area contributed by atoms with E-state index in [9.17, 15) is 10.1 Å². The van der Waals surface area contributed by atoms with Crippen LogP contribution in [0.3, 0.4) is 0 Å². The first-order valence-corrected chi connectivity index (χ1v) is 8.26. The van der Waals surface area contributed by atoms with Crippen LogP contribution in [-0.2, 0) is 0 Å². The van der Waals surface area contributed by atoms with Crippen LogP contribution in [0.5, 0.6) is 0 Å². The summed E-state index contributed by atoms with van der Waals surface area (Å²) in [6.45, 7) is 0. The van der Waals surface area contributed by atoms with Gasteiger partial charge in [0.25, 0.3) is 17.5 Å². The number of nitrogens with zero attached hydrogens (tertiary/aromatic N) is 5. The lowest BCUT2D eigenvalue weighted by Gasteiger charge is -2.00. The number of aromatic nitrogens is 4. The zero-order valence-corrected chi connectivity index (χ0v) is 14.0. The zero-order valence-electron chi connectivity index (χ0n) is 11.6. The Morgan fingerprint density at radius 2 is 2.00 bits per heavy atom. The van der Waals surface area contributed by atoms with E-state index < -0.39 is 4.92 Å². The van der Waals surface area contributed by atoms with E-state index in [1.807, 2.05) is 6.26 Å². The molecule has 0 N–H and O–H groups in total. The van der Waals surface area contributed by atoms with Crippen molar-refractivity contribution < 1.29 is 9.34 Å². The molecule has 0 unspecified atom stereocenters. The molecule has 0 spiro atoms. The number of nitro groups is 1. The Kier molecular flexibility index (Phi) is 4.35. The molecule has 23 heavy (non-hydrogen) atoms. The molecule has 0 bridgehead atoms. The summed E-state index contributed by atoms with van der Waals surface area (Å²) in [4.78, 5) is 19.0. The average molecular weight is 394 g/mol. The lowest BCUT2D eigenvalue weighted by molar-refractivity contribution is -0.384. The van der Waals surface area contributed by atoms with Crippen molar-refractivity contribution in [3.63, 3.8) is 0 Å². The molecule has 0 radical (unpaired) electrons. The number of benzene rings is 1. The fourth-order valence-corrected chi connectivity index (χ4v) is 2.54. The molecule has 1 aromatic carbocycles. The highest BCUT2D eigenvalue weighted by atomic mass is 79.9. The van der Waals surface area contributed by atoms with Crippen molar-refractivity contribution in [3.05, 3.63) is 45.0 Å². The Hall–Kier alpha value is -2.33. The molecule has 10 heteroatoms. The summed E-state index contributed by atoms with van der Waals surface area (Å²) < 4.78 is 6.16. The molecule has 2 heterocycles. The minimum Gasteiger partial charge on any atom is -0.414 e. The monoisotopic (exact) mass is 393 g/mol. The number of hydrogen-bond acceptors (Lipinski definition) is 8. The van der Waals surface area contributed by atoms with Gasteiger partial charge in [0.15, 0.2) is 5.16 Å². The molecule has 0 atom stereocenters. The van der Waals surface area contributed by atoms with E-state index in [1.165, 1.54) is 17.8 Å². The van der Waals surface area contributed by atoms with Crippen LogP contribution in [0.25, 0.3) is 23.0 Å². The topological polar surface area (TPSA) is 108 Å². The number of thioether (sulfide) groups is 1. The smallest absolute Gasteiger partial charge is 0.282 e. The van der Waals surface area contributed by atoms with Gasteiger partial charge in [0.05, 0.1) is 9.40 Å². The second-order valence-electron chi connectivity index (χ2n) is 4.24. The maximum atomic E-state index is 11.1. The van der Waals surface area contributed by atoms with Crippen LogP contribution in [0.1, 0.15) is 0 Å². The predicted molar refractivity (Wildman–Crippen MR) is 86.9 cm³/mol. The van der Waals surface area contributed by atoms with E-state index in [1.54, 1.807) is 24.4 Å². The van der Waals surface area contributed by atoms with Gasteiger partial charge in [-0.05, 0) is 28.3 Å². The van der Waals surface area contributed by atoms with Crippen molar-refractivity contribution >= 4 is 33.4 Å². The maximum Gasteiger partial charge on any atom is 0.282 e. The highest BCUT2D eigenvalue weighted by Gasteiger charge is 2.21. The molecule has 0 aliphatic carbocycles. The normalized spacial score (nSPS) is 10.7. The van der Waals surface area contributed by atoms with Crippen LogP contribution in [-0.4, -0.2) is 31.3 Å². The molecule has 0 aliphatic heterocycles. The quantitative estimate of drug-likeness (QED) is 0.286. The summed E-state index contributed by atoms with van der Waals surface area (Å²) in [5, 5.41) is 19.5. The van der Waals surface area contributed by atoms with Gasteiger partial charge in [-0.1, -0.05) is 23.9 Å². The summed E-state index contributed by atoms with van der Waals surface area (Å²) in [6, 6.07) is 6.17. The van der Waals surface area contributed by atoms with Crippen LogP contribution in [0, 0.1) is 10.1 Å². The highest BCUT2D eigenvalue weighted by Crippen LogP contribution is 2.32. The largest absolute Gasteiger partial charge is 0.414 e. The highest BCUT2D eigenvalue weighted by molar-refractivity contribution is 9.10. The summed E-state index contributed by atoms with van der Waals surface area (Å²) in [5.41, 5.74) is 0.586. The van der Waals surface area contributed by atoms with Crippen LogP contribution < -0.4 is 0 Å². The molecular weight excluding hydrogens is 386 g/mol. The first-order valence-electron chi connectivity index (χ1n) is 6.24. The van der Waals surface area contributed by atoms with Crippen molar-refractivity contribution in [2.75, 3.05) is 6.26 Å². The Labute approximate surface area is 142 Å². The summed E-state index contributed by atoms with van der Waals surface area (Å²) >= 11 is 4.70. The molecule has 3 aromatic rings. The molecule has 8 nitrogen and oxygen atoms in total. The number of halogens is 1. The number of rotatable bonds is 4. The van der Waals surface area contributed by atoms with Crippen LogP contribution in [0.15, 0.2) is 44.5 Å². The number of nitro benzene ring substituents is 1. The molecule has 0 aliphatic rings. The molecule has 0 saturated carbocycles. The third-order valence-electron chi connectivity index (χ3n) is 2.86. The Bertz CT molecular complexity index is 886. The third kappa shape index (κ3) is 3.08. The van der Waals surface area contributed by atoms with Crippen molar-refractivity contribution in [1.29, 1.82) is 0 Å². The molecule has 0 fully saturated rings. The van der Waals surface area contributed by atoms with E-state index in [2.05, 4.69) is 36.1 Å². The molecule has 2 aromatic heterocycles. The van der Waals surface area contributed by atoms with Gasteiger partial charge in [0, 0.05) is 12.3 Å². The van der Waals surface area contributed by atoms with Crippen molar-refractivity contribution in [1.82, 2.24) is 20.2 Å². The number of hydrogen-bond donors (Lipinski definition) is 0. The summed E-state index contributed by atoms with van der Waals surface area (Å²) in [7, 11) is 0. The standard InChI is InChI=1S/C13H8BrN5O3S/c1-23-13-15-6-8(14)10(16-13)12-18-17-11(22-12)7-4-2-3-5-9(7)19(20)21/h2-6H,1H3. The first-order chi connectivity index (χ1) is 11.1. The fourth-order valence-electron chi connectivity index (χ4n) is 1.84. The van der Waals surface area contributed by atoms with Crippen molar-refractivity contribution in [3.8, 4) is 23.0 Å².